The Labute approximate surface area is 122 Å². The minimum Gasteiger partial charge on any atom is -0.463 e. The van der Waals surface area contributed by atoms with Crippen LogP contribution < -0.4 is 15.4 Å². The monoisotopic (exact) mass is 291 g/mol. The average molecular weight is 291 g/mol. The first kappa shape index (κ1) is 15.0. The number of nitrogens with zero attached hydrogens (tertiary/aromatic N) is 3. The molecule has 7 heteroatoms. The van der Waals surface area contributed by atoms with E-state index in [2.05, 4.69) is 25.6 Å². The predicted octanol–water partition coefficient (Wildman–Crippen LogP) is 2.45. The maximum atomic E-state index is 12.8. The Morgan fingerprint density at radius 1 is 1.10 bits per heavy atom. The Balaban J connectivity index is 2.05. The molecule has 0 bridgehead atoms. The summed E-state index contributed by atoms with van der Waals surface area (Å²) >= 11 is 0. The molecule has 2 aromatic rings. The topological polar surface area (TPSA) is 72.0 Å². The van der Waals surface area contributed by atoms with E-state index in [1.165, 1.54) is 12.1 Å². The van der Waals surface area contributed by atoms with Gasteiger partial charge >= 0.3 is 6.01 Å². The lowest BCUT2D eigenvalue weighted by molar-refractivity contribution is 0.292. The van der Waals surface area contributed by atoms with Gasteiger partial charge in [0, 0.05) is 13.6 Å². The highest BCUT2D eigenvalue weighted by molar-refractivity contribution is 5.36. The van der Waals surface area contributed by atoms with E-state index in [1.54, 1.807) is 19.2 Å². The van der Waals surface area contributed by atoms with Crippen LogP contribution in [0.15, 0.2) is 24.3 Å². The van der Waals surface area contributed by atoms with Gasteiger partial charge in [0.1, 0.15) is 5.82 Å². The summed E-state index contributed by atoms with van der Waals surface area (Å²) in [6, 6.07) is 6.52. The van der Waals surface area contributed by atoms with Gasteiger partial charge in [-0.05, 0) is 24.1 Å². The van der Waals surface area contributed by atoms with Crippen molar-refractivity contribution in [2.45, 2.75) is 19.9 Å². The van der Waals surface area contributed by atoms with Crippen molar-refractivity contribution in [2.24, 2.45) is 0 Å². The molecule has 2 N–H and O–H groups in total. The molecule has 21 heavy (non-hydrogen) atoms. The van der Waals surface area contributed by atoms with Crippen molar-refractivity contribution in [3.05, 3.63) is 35.6 Å². The number of hydrogen-bond donors (Lipinski definition) is 2. The molecule has 0 spiro atoms. The maximum absolute atomic E-state index is 12.8. The standard InChI is InChI=1S/C14H18FN5O/c1-3-8-21-14-19-12(16-2)18-13(20-14)17-9-10-4-6-11(15)7-5-10/h4-7H,3,8-9H2,1-2H3,(H2,16,17,18,19,20). The van der Waals surface area contributed by atoms with Crippen LogP contribution in [0.4, 0.5) is 16.3 Å². The lowest BCUT2D eigenvalue weighted by Crippen LogP contribution is -2.09. The molecule has 0 radical (unpaired) electrons. The predicted molar refractivity (Wildman–Crippen MR) is 78.9 cm³/mol. The van der Waals surface area contributed by atoms with E-state index in [4.69, 9.17) is 4.74 Å². The molecule has 112 valence electrons. The minimum absolute atomic E-state index is 0.258. The lowest BCUT2D eigenvalue weighted by atomic mass is 10.2. The molecule has 1 aromatic carbocycles. The molecule has 0 aliphatic carbocycles. The molecular weight excluding hydrogens is 273 g/mol. The van der Waals surface area contributed by atoms with Gasteiger partial charge in [0.2, 0.25) is 11.9 Å². The number of ether oxygens (including phenoxy) is 1. The van der Waals surface area contributed by atoms with Crippen molar-refractivity contribution in [1.29, 1.82) is 0 Å². The van der Waals surface area contributed by atoms with Crippen LogP contribution >= 0.6 is 0 Å². The lowest BCUT2D eigenvalue weighted by Gasteiger charge is -2.09. The molecule has 0 unspecified atom stereocenters. The number of nitrogens with one attached hydrogen (secondary N) is 2. The Hall–Kier alpha value is -2.44. The molecular formula is C14H18FN5O. The first-order valence-electron chi connectivity index (χ1n) is 6.76. The molecule has 1 heterocycles. The maximum Gasteiger partial charge on any atom is 0.323 e. The number of rotatable bonds is 7. The van der Waals surface area contributed by atoms with Crippen LogP contribution in [0.5, 0.6) is 6.01 Å². The summed E-state index contributed by atoms with van der Waals surface area (Å²) in [6.45, 7) is 3.04. The largest absolute Gasteiger partial charge is 0.463 e. The first-order chi connectivity index (χ1) is 10.2. The molecule has 2 rings (SSSR count). The zero-order valence-electron chi connectivity index (χ0n) is 12.1. The van der Waals surface area contributed by atoms with E-state index in [1.807, 2.05) is 6.92 Å². The third kappa shape index (κ3) is 4.55. The summed E-state index contributed by atoms with van der Waals surface area (Å²) < 4.78 is 18.3. The van der Waals surface area contributed by atoms with Crippen LogP contribution in [0.3, 0.4) is 0 Å². The smallest absolute Gasteiger partial charge is 0.323 e. The molecule has 0 aliphatic rings. The van der Waals surface area contributed by atoms with E-state index >= 15 is 0 Å². The fraction of sp³-hybridized carbons (Fsp3) is 0.357. The van der Waals surface area contributed by atoms with E-state index in [9.17, 15) is 4.39 Å². The highest BCUT2D eigenvalue weighted by Crippen LogP contribution is 2.12. The summed E-state index contributed by atoms with van der Waals surface area (Å²) in [5.41, 5.74) is 0.929. The molecule has 0 saturated heterocycles. The fourth-order valence-electron chi connectivity index (χ4n) is 1.59. The van der Waals surface area contributed by atoms with Crippen LogP contribution in [0.1, 0.15) is 18.9 Å². The normalized spacial score (nSPS) is 10.2. The Bertz CT molecular complexity index is 576. The van der Waals surface area contributed by atoms with Crippen LogP contribution in [0, 0.1) is 5.82 Å². The summed E-state index contributed by atoms with van der Waals surface area (Å²) in [5, 5.41) is 5.93. The second-order valence-electron chi connectivity index (χ2n) is 4.34. The SMILES string of the molecule is CCCOc1nc(NC)nc(NCc2ccc(F)cc2)n1. The van der Waals surface area contributed by atoms with Gasteiger partial charge in [-0.3, -0.25) is 0 Å². The molecule has 0 aliphatic heterocycles. The molecule has 0 amide bonds. The second-order valence-corrected chi connectivity index (χ2v) is 4.34. The zero-order valence-corrected chi connectivity index (χ0v) is 12.1. The Morgan fingerprint density at radius 3 is 2.48 bits per heavy atom. The van der Waals surface area contributed by atoms with Crippen molar-refractivity contribution in [3.8, 4) is 6.01 Å². The number of anilines is 2. The molecule has 0 fully saturated rings. The fourth-order valence-corrected chi connectivity index (χ4v) is 1.59. The molecule has 0 saturated carbocycles. The van der Waals surface area contributed by atoms with E-state index in [0.717, 1.165) is 12.0 Å². The zero-order chi connectivity index (χ0) is 15.1. The highest BCUT2D eigenvalue weighted by atomic mass is 19.1. The Morgan fingerprint density at radius 2 is 1.81 bits per heavy atom. The van der Waals surface area contributed by atoms with Crippen LogP contribution in [-0.4, -0.2) is 28.6 Å². The average Bonchev–Trinajstić information content (AvgIpc) is 2.52. The van der Waals surface area contributed by atoms with E-state index in [0.29, 0.717) is 25.0 Å². The second kappa shape index (κ2) is 7.37. The summed E-state index contributed by atoms with van der Waals surface area (Å²) in [6.07, 6.45) is 0.874. The third-order valence-electron chi connectivity index (χ3n) is 2.64. The summed E-state index contributed by atoms with van der Waals surface area (Å²) in [4.78, 5) is 12.5. The number of benzene rings is 1. The summed E-state index contributed by atoms with van der Waals surface area (Å²) in [7, 11) is 1.72. The van der Waals surface area contributed by atoms with Crippen LogP contribution in [0.2, 0.25) is 0 Å². The molecule has 1 aromatic heterocycles. The van der Waals surface area contributed by atoms with Crippen LogP contribution in [-0.2, 0) is 6.54 Å². The van der Waals surface area contributed by atoms with Crippen molar-refractivity contribution in [3.63, 3.8) is 0 Å². The number of aromatic nitrogens is 3. The van der Waals surface area contributed by atoms with Gasteiger partial charge in [0.25, 0.3) is 0 Å². The third-order valence-corrected chi connectivity index (χ3v) is 2.64. The highest BCUT2D eigenvalue weighted by Gasteiger charge is 2.06. The first-order valence-corrected chi connectivity index (χ1v) is 6.76. The Kier molecular flexibility index (Phi) is 5.25. The molecule has 0 atom stereocenters. The molecule has 6 nitrogen and oxygen atoms in total. The van der Waals surface area contributed by atoms with Gasteiger partial charge in [-0.1, -0.05) is 19.1 Å². The number of halogens is 1. The van der Waals surface area contributed by atoms with Crippen molar-refractivity contribution in [2.75, 3.05) is 24.3 Å². The van der Waals surface area contributed by atoms with Crippen molar-refractivity contribution < 1.29 is 9.13 Å². The van der Waals surface area contributed by atoms with E-state index < -0.39 is 0 Å². The van der Waals surface area contributed by atoms with Crippen molar-refractivity contribution in [1.82, 2.24) is 15.0 Å². The van der Waals surface area contributed by atoms with Gasteiger partial charge in [-0.15, -0.1) is 0 Å². The van der Waals surface area contributed by atoms with Gasteiger partial charge in [-0.25, -0.2) is 4.39 Å². The van der Waals surface area contributed by atoms with E-state index in [-0.39, 0.29) is 11.8 Å². The van der Waals surface area contributed by atoms with Crippen LogP contribution in [0.25, 0.3) is 0 Å². The van der Waals surface area contributed by atoms with Gasteiger partial charge in [0.05, 0.1) is 6.61 Å². The number of hydrogen-bond acceptors (Lipinski definition) is 6. The van der Waals surface area contributed by atoms with Gasteiger partial charge in [-0.2, -0.15) is 15.0 Å². The summed E-state index contributed by atoms with van der Waals surface area (Å²) in [5.74, 6) is 0.578. The minimum atomic E-state index is -0.258. The van der Waals surface area contributed by atoms with Gasteiger partial charge < -0.3 is 15.4 Å². The van der Waals surface area contributed by atoms with Crippen molar-refractivity contribution >= 4 is 11.9 Å². The van der Waals surface area contributed by atoms with Gasteiger partial charge in [0.15, 0.2) is 0 Å². The quantitative estimate of drug-likeness (QED) is 0.816.